The lowest BCUT2D eigenvalue weighted by Gasteiger charge is -2.35. The number of pyridine rings is 1. The van der Waals surface area contributed by atoms with Crippen molar-refractivity contribution in [2.24, 2.45) is 0 Å². The van der Waals surface area contributed by atoms with Crippen molar-refractivity contribution in [3.8, 4) is 11.3 Å². The minimum absolute atomic E-state index is 0.00452. The number of aromatic nitrogens is 3. The van der Waals surface area contributed by atoms with Gasteiger partial charge in [-0.3, -0.25) is 9.40 Å². The quantitative estimate of drug-likeness (QED) is 0.250. The third-order valence-electron chi connectivity index (χ3n) is 8.16. The van der Waals surface area contributed by atoms with E-state index < -0.39 is 26.6 Å². The van der Waals surface area contributed by atoms with Crippen LogP contribution in [0.15, 0.2) is 53.6 Å². The molecule has 12 heteroatoms. The van der Waals surface area contributed by atoms with E-state index >= 15 is 4.39 Å². The molecule has 1 aliphatic heterocycles. The van der Waals surface area contributed by atoms with Crippen LogP contribution in [0.4, 0.5) is 20.3 Å². The van der Waals surface area contributed by atoms with E-state index in [-0.39, 0.29) is 17.6 Å². The standard InChI is InChI=1S/C30H34F2N6O3S/c1-17(2)38-29-22(18-7-10-20(11-8-18)35-21-15-41-16-21)14-34-30(33)27(29)28(36-38)19-9-12-25(24(32)13-19)37-42(39,40)26-6-4-3-5-23(26)31/h3-6,9,12-14,17-18,20-21,35,37H,7-8,10-11,15-16H2,1-2H3,(H2,33,34). The number of fused-ring (bicyclic) bond motifs is 1. The maximum absolute atomic E-state index is 15.4. The lowest BCUT2D eigenvalue weighted by molar-refractivity contribution is -0.0121. The molecule has 42 heavy (non-hydrogen) atoms. The molecule has 9 nitrogen and oxygen atoms in total. The first-order valence-corrected chi connectivity index (χ1v) is 15.7. The summed E-state index contributed by atoms with van der Waals surface area (Å²) in [6.07, 6.45) is 5.93. The third kappa shape index (κ3) is 5.34. The van der Waals surface area contributed by atoms with E-state index in [9.17, 15) is 12.8 Å². The minimum atomic E-state index is -4.35. The van der Waals surface area contributed by atoms with Crippen LogP contribution in [0.5, 0.6) is 0 Å². The number of benzene rings is 2. The van der Waals surface area contributed by atoms with Gasteiger partial charge in [0.15, 0.2) is 0 Å². The Bertz CT molecular complexity index is 1730. The Labute approximate surface area is 243 Å². The Balaban J connectivity index is 1.33. The fraction of sp³-hybridized carbons (Fsp3) is 0.400. The van der Waals surface area contributed by atoms with Crippen molar-refractivity contribution in [1.82, 2.24) is 20.1 Å². The van der Waals surface area contributed by atoms with Gasteiger partial charge in [0.25, 0.3) is 10.0 Å². The van der Waals surface area contributed by atoms with Gasteiger partial charge in [-0.15, -0.1) is 0 Å². The first-order valence-electron chi connectivity index (χ1n) is 14.2. The molecule has 3 heterocycles. The molecule has 0 unspecified atom stereocenters. The number of nitrogen functional groups attached to an aromatic ring is 1. The first-order chi connectivity index (χ1) is 20.1. The van der Waals surface area contributed by atoms with Gasteiger partial charge in [-0.25, -0.2) is 22.2 Å². The summed E-state index contributed by atoms with van der Waals surface area (Å²) in [6, 6.07) is 9.92. The maximum atomic E-state index is 15.4. The summed E-state index contributed by atoms with van der Waals surface area (Å²) < 4.78 is 64.3. The van der Waals surface area contributed by atoms with Crippen LogP contribution in [0.1, 0.15) is 57.1 Å². The van der Waals surface area contributed by atoms with Gasteiger partial charge in [0, 0.05) is 23.8 Å². The van der Waals surface area contributed by atoms with Gasteiger partial charge in [-0.05, 0) is 75.3 Å². The lowest BCUT2D eigenvalue weighted by atomic mass is 9.81. The molecule has 6 rings (SSSR count). The number of anilines is 2. The zero-order valence-corrected chi connectivity index (χ0v) is 24.3. The van der Waals surface area contributed by atoms with E-state index in [1.54, 1.807) is 6.07 Å². The number of sulfonamides is 1. The molecule has 2 aliphatic rings. The molecule has 4 aromatic rings. The van der Waals surface area contributed by atoms with Gasteiger partial charge in [-0.1, -0.05) is 18.2 Å². The second-order valence-corrected chi connectivity index (χ2v) is 13.0. The SMILES string of the molecule is CC(C)n1nc(-c2ccc(NS(=O)(=O)c3ccccc3F)c(F)c2)c2c(N)ncc(C3CCC(NC4COC4)CC3)c21. The van der Waals surface area contributed by atoms with E-state index in [4.69, 9.17) is 15.6 Å². The van der Waals surface area contributed by atoms with Crippen molar-refractivity contribution < 1.29 is 21.9 Å². The molecule has 1 saturated carbocycles. The van der Waals surface area contributed by atoms with Crippen molar-refractivity contribution in [2.75, 3.05) is 23.7 Å². The molecule has 0 bridgehead atoms. The molecule has 2 aromatic heterocycles. The number of nitrogens with one attached hydrogen (secondary N) is 2. The van der Waals surface area contributed by atoms with Crippen LogP contribution < -0.4 is 15.8 Å². The van der Waals surface area contributed by atoms with Crippen molar-refractivity contribution in [1.29, 1.82) is 0 Å². The highest BCUT2D eigenvalue weighted by Crippen LogP contribution is 2.42. The van der Waals surface area contributed by atoms with Crippen LogP contribution in [0.2, 0.25) is 0 Å². The number of ether oxygens (including phenoxy) is 1. The van der Waals surface area contributed by atoms with Gasteiger partial charge in [-0.2, -0.15) is 5.10 Å². The van der Waals surface area contributed by atoms with Crippen molar-refractivity contribution in [3.05, 3.63) is 65.9 Å². The largest absolute Gasteiger partial charge is 0.383 e. The number of rotatable bonds is 8. The fourth-order valence-electron chi connectivity index (χ4n) is 5.94. The van der Waals surface area contributed by atoms with Crippen LogP contribution in [0, 0.1) is 11.6 Å². The zero-order chi connectivity index (χ0) is 29.6. The van der Waals surface area contributed by atoms with Gasteiger partial charge in [0.1, 0.15) is 28.0 Å². The molecule has 0 radical (unpaired) electrons. The molecule has 0 spiro atoms. The number of nitrogens with two attached hydrogens (primary N) is 1. The second-order valence-electron chi connectivity index (χ2n) is 11.4. The fourth-order valence-corrected chi connectivity index (χ4v) is 7.08. The maximum Gasteiger partial charge on any atom is 0.264 e. The predicted octanol–water partition coefficient (Wildman–Crippen LogP) is 5.36. The Hall–Kier alpha value is -3.61. The van der Waals surface area contributed by atoms with Crippen molar-refractivity contribution in [3.63, 3.8) is 0 Å². The summed E-state index contributed by atoms with van der Waals surface area (Å²) >= 11 is 0. The summed E-state index contributed by atoms with van der Waals surface area (Å²) in [4.78, 5) is 3.97. The molecule has 4 N–H and O–H groups in total. The summed E-state index contributed by atoms with van der Waals surface area (Å²) in [5, 5.41) is 9.20. The van der Waals surface area contributed by atoms with Gasteiger partial charge in [0.2, 0.25) is 0 Å². The van der Waals surface area contributed by atoms with Crippen LogP contribution in [-0.4, -0.2) is 48.5 Å². The minimum Gasteiger partial charge on any atom is -0.383 e. The number of halogens is 2. The van der Waals surface area contributed by atoms with Gasteiger partial charge >= 0.3 is 0 Å². The van der Waals surface area contributed by atoms with E-state index in [0.29, 0.717) is 34.5 Å². The van der Waals surface area contributed by atoms with Crippen LogP contribution >= 0.6 is 0 Å². The number of hydrogen-bond donors (Lipinski definition) is 3. The van der Waals surface area contributed by atoms with E-state index in [0.717, 1.165) is 62.1 Å². The number of hydrogen-bond acceptors (Lipinski definition) is 7. The van der Waals surface area contributed by atoms with Gasteiger partial charge < -0.3 is 15.8 Å². The molecule has 1 saturated heterocycles. The molecule has 2 fully saturated rings. The topological polar surface area (TPSA) is 124 Å². The van der Waals surface area contributed by atoms with Crippen LogP contribution in [0.3, 0.4) is 0 Å². The molecule has 222 valence electrons. The Morgan fingerprint density at radius 3 is 2.40 bits per heavy atom. The third-order valence-corrected chi connectivity index (χ3v) is 9.56. The Morgan fingerprint density at radius 2 is 1.76 bits per heavy atom. The number of nitrogens with zero attached hydrogens (tertiary/aromatic N) is 3. The van der Waals surface area contributed by atoms with Crippen LogP contribution in [-0.2, 0) is 14.8 Å². The highest BCUT2D eigenvalue weighted by Gasteiger charge is 2.30. The highest BCUT2D eigenvalue weighted by atomic mass is 32.2. The monoisotopic (exact) mass is 596 g/mol. The predicted molar refractivity (Wildman–Crippen MR) is 158 cm³/mol. The van der Waals surface area contributed by atoms with E-state index in [1.165, 1.54) is 24.3 Å². The lowest BCUT2D eigenvalue weighted by Crippen LogP contribution is -2.51. The molecule has 0 atom stereocenters. The van der Waals surface area contributed by atoms with E-state index in [1.807, 2.05) is 24.7 Å². The summed E-state index contributed by atoms with van der Waals surface area (Å²) in [5.74, 6) is -1.18. The first kappa shape index (κ1) is 28.5. The molecular formula is C30H34F2N6O3S. The molecule has 0 amide bonds. The van der Waals surface area contributed by atoms with Gasteiger partial charge in [0.05, 0.1) is 35.8 Å². The van der Waals surface area contributed by atoms with E-state index in [2.05, 4.69) is 15.0 Å². The Morgan fingerprint density at radius 1 is 1.02 bits per heavy atom. The molecule has 2 aromatic carbocycles. The summed E-state index contributed by atoms with van der Waals surface area (Å²) in [6.45, 7) is 5.61. The summed E-state index contributed by atoms with van der Waals surface area (Å²) in [7, 11) is -4.35. The smallest absolute Gasteiger partial charge is 0.264 e. The van der Waals surface area contributed by atoms with Crippen LogP contribution in [0.25, 0.3) is 22.2 Å². The Kier molecular flexibility index (Phi) is 7.62. The highest BCUT2D eigenvalue weighted by molar-refractivity contribution is 7.92. The molecule has 1 aliphatic carbocycles. The second kappa shape index (κ2) is 11.2. The average Bonchev–Trinajstić information content (AvgIpc) is 3.35. The summed E-state index contributed by atoms with van der Waals surface area (Å²) in [5.41, 5.74) is 8.98. The normalized spacial score (nSPS) is 19.7. The zero-order valence-electron chi connectivity index (χ0n) is 23.5. The molecular weight excluding hydrogens is 562 g/mol. The average molecular weight is 597 g/mol. The van der Waals surface area contributed by atoms with Crippen molar-refractivity contribution >= 4 is 32.4 Å². The van der Waals surface area contributed by atoms with Crippen molar-refractivity contribution in [2.45, 2.75) is 68.5 Å².